The number of nitrogens with one attached hydrogen (secondary N) is 1. The van der Waals surface area contributed by atoms with E-state index in [4.69, 9.17) is 0 Å². The molecular formula is C18H22N4O2. The molecule has 0 radical (unpaired) electrons. The molecule has 6 nitrogen and oxygen atoms in total. The molecule has 126 valence electrons. The largest absolute Gasteiger partial charge is 0.351 e. The molecule has 6 heteroatoms. The first-order valence-corrected chi connectivity index (χ1v) is 8.38. The lowest BCUT2D eigenvalue weighted by atomic mass is 10.2. The van der Waals surface area contributed by atoms with Crippen LogP contribution in [0, 0.1) is 0 Å². The van der Waals surface area contributed by atoms with Gasteiger partial charge < -0.3 is 10.2 Å². The SMILES string of the molecule is CCCCNC(=O)c1cc2n(n1)CCN(Cc1ccccc1)C2=O. The predicted octanol–water partition coefficient (Wildman–Crippen LogP) is 2.07. The van der Waals surface area contributed by atoms with Gasteiger partial charge in [0.15, 0.2) is 5.69 Å². The Morgan fingerprint density at radius 3 is 2.79 bits per heavy atom. The molecule has 0 aliphatic carbocycles. The van der Waals surface area contributed by atoms with Gasteiger partial charge in [0.1, 0.15) is 5.69 Å². The van der Waals surface area contributed by atoms with Crippen LogP contribution in [0.5, 0.6) is 0 Å². The molecule has 2 aromatic rings. The van der Waals surface area contributed by atoms with E-state index < -0.39 is 0 Å². The van der Waals surface area contributed by atoms with E-state index in [-0.39, 0.29) is 11.8 Å². The Labute approximate surface area is 141 Å². The molecule has 2 heterocycles. The van der Waals surface area contributed by atoms with Crippen molar-refractivity contribution in [3.63, 3.8) is 0 Å². The van der Waals surface area contributed by atoms with Gasteiger partial charge in [-0.3, -0.25) is 14.3 Å². The summed E-state index contributed by atoms with van der Waals surface area (Å²) in [7, 11) is 0. The van der Waals surface area contributed by atoms with Gasteiger partial charge in [0.2, 0.25) is 0 Å². The molecule has 0 saturated carbocycles. The second-order valence-corrected chi connectivity index (χ2v) is 5.96. The van der Waals surface area contributed by atoms with E-state index in [0.29, 0.717) is 37.6 Å². The molecule has 1 aromatic heterocycles. The molecule has 0 fully saturated rings. The van der Waals surface area contributed by atoms with Crippen molar-refractivity contribution in [2.75, 3.05) is 13.1 Å². The first-order chi connectivity index (χ1) is 11.7. The standard InChI is InChI=1S/C18H22N4O2/c1-2-3-9-19-17(23)15-12-16-18(24)21(10-11-22(16)20-15)13-14-7-5-4-6-8-14/h4-8,12H,2-3,9-11,13H2,1H3,(H,19,23). The molecule has 0 bridgehead atoms. The lowest BCUT2D eigenvalue weighted by Gasteiger charge is -2.27. The molecule has 0 unspecified atom stereocenters. The van der Waals surface area contributed by atoms with Crippen molar-refractivity contribution in [3.8, 4) is 0 Å². The van der Waals surface area contributed by atoms with E-state index in [1.807, 2.05) is 30.3 Å². The Hall–Kier alpha value is -2.63. The van der Waals surface area contributed by atoms with Gasteiger partial charge in [-0.2, -0.15) is 5.10 Å². The number of benzene rings is 1. The normalized spacial score (nSPS) is 13.7. The third-order valence-electron chi connectivity index (χ3n) is 4.13. The van der Waals surface area contributed by atoms with Gasteiger partial charge in [0.05, 0.1) is 6.54 Å². The lowest BCUT2D eigenvalue weighted by Crippen LogP contribution is -2.39. The van der Waals surface area contributed by atoms with Crippen LogP contribution in [-0.2, 0) is 13.1 Å². The van der Waals surface area contributed by atoms with Crippen molar-refractivity contribution in [1.29, 1.82) is 0 Å². The summed E-state index contributed by atoms with van der Waals surface area (Å²) in [6, 6.07) is 11.5. The topological polar surface area (TPSA) is 67.2 Å². The van der Waals surface area contributed by atoms with Gasteiger partial charge in [-0.05, 0) is 12.0 Å². The zero-order valence-corrected chi connectivity index (χ0v) is 13.9. The van der Waals surface area contributed by atoms with E-state index in [9.17, 15) is 9.59 Å². The minimum atomic E-state index is -0.215. The summed E-state index contributed by atoms with van der Waals surface area (Å²) in [5.74, 6) is -0.294. The van der Waals surface area contributed by atoms with Crippen LogP contribution in [0.25, 0.3) is 0 Å². The summed E-state index contributed by atoms with van der Waals surface area (Å²) in [6.07, 6.45) is 1.95. The number of nitrogens with zero attached hydrogens (tertiary/aromatic N) is 3. The number of carbonyl (C=O) groups excluding carboxylic acids is 2. The zero-order chi connectivity index (χ0) is 16.9. The van der Waals surface area contributed by atoms with Crippen LogP contribution in [0.3, 0.4) is 0 Å². The third kappa shape index (κ3) is 3.48. The van der Waals surface area contributed by atoms with E-state index in [2.05, 4.69) is 17.3 Å². The van der Waals surface area contributed by atoms with Gasteiger partial charge in [0, 0.05) is 25.7 Å². The highest BCUT2D eigenvalue weighted by Gasteiger charge is 2.27. The van der Waals surface area contributed by atoms with Crippen molar-refractivity contribution < 1.29 is 9.59 Å². The van der Waals surface area contributed by atoms with Crippen molar-refractivity contribution >= 4 is 11.8 Å². The van der Waals surface area contributed by atoms with Crippen LogP contribution in [0.2, 0.25) is 0 Å². The van der Waals surface area contributed by atoms with E-state index in [1.54, 1.807) is 15.6 Å². The van der Waals surface area contributed by atoms with Crippen LogP contribution in [0.1, 0.15) is 46.3 Å². The number of rotatable bonds is 6. The Morgan fingerprint density at radius 1 is 1.25 bits per heavy atom. The average molecular weight is 326 g/mol. The Bertz CT molecular complexity index is 724. The Balaban J connectivity index is 1.70. The van der Waals surface area contributed by atoms with Gasteiger partial charge >= 0.3 is 0 Å². The molecule has 1 N–H and O–H groups in total. The number of hydrogen-bond acceptors (Lipinski definition) is 3. The summed E-state index contributed by atoms with van der Waals surface area (Å²) in [4.78, 5) is 26.6. The zero-order valence-electron chi connectivity index (χ0n) is 13.9. The van der Waals surface area contributed by atoms with E-state index >= 15 is 0 Å². The van der Waals surface area contributed by atoms with Gasteiger partial charge in [0.25, 0.3) is 11.8 Å². The van der Waals surface area contributed by atoms with Crippen LogP contribution < -0.4 is 5.32 Å². The molecule has 2 amide bonds. The predicted molar refractivity (Wildman–Crippen MR) is 90.7 cm³/mol. The second-order valence-electron chi connectivity index (χ2n) is 5.96. The highest BCUT2D eigenvalue weighted by Crippen LogP contribution is 2.16. The fourth-order valence-electron chi connectivity index (χ4n) is 2.77. The van der Waals surface area contributed by atoms with Crippen LogP contribution in [-0.4, -0.2) is 39.6 Å². The molecule has 24 heavy (non-hydrogen) atoms. The van der Waals surface area contributed by atoms with Gasteiger partial charge in [-0.25, -0.2) is 0 Å². The molecule has 3 rings (SSSR count). The van der Waals surface area contributed by atoms with Crippen molar-refractivity contribution in [2.45, 2.75) is 32.9 Å². The third-order valence-corrected chi connectivity index (χ3v) is 4.13. The summed E-state index contributed by atoms with van der Waals surface area (Å²) in [6.45, 7) is 4.48. The fourth-order valence-corrected chi connectivity index (χ4v) is 2.77. The highest BCUT2D eigenvalue weighted by molar-refractivity contribution is 5.98. The number of hydrogen-bond donors (Lipinski definition) is 1. The maximum atomic E-state index is 12.7. The number of carbonyl (C=O) groups is 2. The number of fused-ring (bicyclic) bond motifs is 1. The number of unbranched alkanes of at least 4 members (excludes halogenated alkanes) is 1. The smallest absolute Gasteiger partial charge is 0.272 e. The van der Waals surface area contributed by atoms with Crippen molar-refractivity contribution in [1.82, 2.24) is 20.0 Å². The minimum Gasteiger partial charge on any atom is -0.351 e. The van der Waals surface area contributed by atoms with Crippen LogP contribution in [0.15, 0.2) is 36.4 Å². The molecule has 0 saturated heterocycles. The lowest BCUT2D eigenvalue weighted by molar-refractivity contribution is 0.0683. The summed E-state index contributed by atoms with van der Waals surface area (Å²) in [5.41, 5.74) is 1.89. The van der Waals surface area contributed by atoms with Crippen LogP contribution >= 0.6 is 0 Å². The molecule has 1 aliphatic rings. The molecule has 0 spiro atoms. The number of amides is 2. The maximum absolute atomic E-state index is 12.7. The first kappa shape index (κ1) is 16.2. The summed E-state index contributed by atoms with van der Waals surface area (Å²) < 4.78 is 1.64. The fraction of sp³-hybridized carbons (Fsp3) is 0.389. The number of aromatic nitrogens is 2. The molecular weight excluding hydrogens is 304 g/mol. The molecule has 1 aliphatic heterocycles. The van der Waals surface area contributed by atoms with E-state index in [1.165, 1.54) is 0 Å². The van der Waals surface area contributed by atoms with Crippen molar-refractivity contribution in [2.24, 2.45) is 0 Å². The molecule has 1 aromatic carbocycles. The first-order valence-electron chi connectivity index (χ1n) is 8.38. The quantitative estimate of drug-likeness (QED) is 0.826. The second kappa shape index (κ2) is 7.29. The van der Waals surface area contributed by atoms with E-state index in [0.717, 1.165) is 18.4 Å². The van der Waals surface area contributed by atoms with Crippen LogP contribution in [0.4, 0.5) is 0 Å². The summed E-state index contributed by atoms with van der Waals surface area (Å²) in [5, 5.41) is 7.11. The van der Waals surface area contributed by atoms with Crippen molar-refractivity contribution in [3.05, 3.63) is 53.3 Å². The van der Waals surface area contributed by atoms with Gasteiger partial charge in [-0.15, -0.1) is 0 Å². The highest BCUT2D eigenvalue weighted by atomic mass is 16.2. The Morgan fingerprint density at radius 2 is 2.04 bits per heavy atom. The van der Waals surface area contributed by atoms with Gasteiger partial charge in [-0.1, -0.05) is 43.7 Å². The minimum absolute atomic E-state index is 0.0785. The molecule has 0 atom stereocenters. The maximum Gasteiger partial charge on any atom is 0.272 e. The monoisotopic (exact) mass is 326 g/mol. The average Bonchev–Trinajstić information content (AvgIpc) is 3.04. The summed E-state index contributed by atoms with van der Waals surface area (Å²) >= 11 is 0. The Kier molecular flexibility index (Phi) is 4.93.